The van der Waals surface area contributed by atoms with Gasteiger partial charge in [-0.2, -0.15) is 11.8 Å². The van der Waals surface area contributed by atoms with Gasteiger partial charge in [-0.3, -0.25) is 4.79 Å². The Balaban J connectivity index is 2.00. The maximum atomic E-state index is 11.9. The zero-order chi connectivity index (χ0) is 15.4. The number of hydrogen-bond acceptors (Lipinski definition) is 4. The molecule has 21 heavy (non-hydrogen) atoms. The second-order valence-corrected chi connectivity index (χ2v) is 6.99. The molecule has 1 saturated carbocycles. The second kappa shape index (κ2) is 7.07. The summed E-state index contributed by atoms with van der Waals surface area (Å²) in [6.45, 7) is 0. The van der Waals surface area contributed by atoms with E-state index in [2.05, 4.69) is 11.6 Å². The molecule has 2 rings (SSSR count). The van der Waals surface area contributed by atoms with Gasteiger partial charge >= 0.3 is 0 Å². The van der Waals surface area contributed by atoms with Crippen molar-refractivity contribution in [1.29, 1.82) is 0 Å². The molecule has 1 aromatic carbocycles. The highest BCUT2D eigenvalue weighted by molar-refractivity contribution is 7.99. The van der Waals surface area contributed by atoms with E-state index in [0.717, 1.165) is 10.9 Å². The Bertz CT molecular complexity index is 496. The number of nitrogens with one attached hydrogen (secondary N) is 1. The van der Waals surface area contributed by atoms with Crippen LogP contribution in [-0.4, -0.2) is 42.4 Å². The second-order valence-electron chi connectivity index (χ2n) is 5.86. The Morgan fingerprint density at radius 1 is 1.29 bits per heavy atom. The van der Waals surface area contributed by atoms with Crippen molar-refractivity contribution in [3.63, 3.8) is 0 Å². The summed E-state index contributed by atoms with van der Waals surface area (Å²) in [6, 6.07) is 6.02. The topological polar surface area (TPSA) is 58.4 Å². The smallest absolute Gasteiger partial charge is 0.253 e. The lowest BCUT2D eigenvalue weighted by Gasteiger charge is -2.29. The lowest BCUT2D eigenvalue weighted by molar-refractivity contribution is 0.0827. The summed E-state index contributed by atoms with van der Waals surface area (Å²) in [5.74, 6) is -0.0197. The van der Waals surface area contributed by atoms with Gasteiger partial charge in [-0.15, -0.1) is 0 Å². The maximum absolute atomic E-state index is 11.9. The first kappa shape index (κ1) is 16.0. The number of benzene rings is 1. The molecular formula is C16H25N3OS. The minimum absolute atomic E-state index is 0.0197. The highest BCUT2D eigenvalue weighted by Crippen LogP contribution is 2.30. The molecule has 0 spiro atoms. The summed E-state index contributed by atoms with van der Waals surface area (Å²) in [7, 11) is 3.49. The summed E-state index contributed by atoms with van der Waals surface area (Å²) in [4.78, 5) is 13.5. The Hall–Kier alpha value is -1.36. The molecule has 1 aliphatic carbocycles. The average molecular weight is 307 g/mol. The van der Waals surface area contributed by atoms with Crippen molar-refractivity contribution in [2.75, 3.05) is 31.4 Å². The number of nitrogen functional groups attached to an aromatic ring is 1. The van der Waals surface area contributed by atoms with Crippen LogP contribution < -0.4 is 11.1 Å². The van der Waals surface area contributed by atoms with E-state index < -0.39 is 0 Å². The van der Waals surface area contributed by atoms with E-state index in [1.54, 1.807) is 25.1 Å². The molecule has 0 radical (unpaired) electrons. The average Bonchev–Trinajstić information content (AvgIpc) is 2.49. The van der Waals surface area contributed by atoms with Crippen LogP contribution in [0.4, 0.5) is 11.4 Å². The van der Waals surface area contributed by atoms with Crippen LogP contribution in [-0.2, 0) is 0 Å². The van der Waals surface area contributed by atoms with Gasteiger partial charge in [0.2, 0.25) is 0 Å². The van der Waals surface area contributed by atoms with Crippen molar-refractivity contribution >= 4 is 29.0 Å². The molecule has 0 aromatic heterocycles. The van der Waals surface area contributed by atoms with E-state index in [-0.39, 0.29) is 5.91 Å². The number of carbonyl (C=O) groups is 1. The molecule has 4 nitrogen and oxygen atoms in total. The zero-order valence-electron chi connectivity index (χ0n) is 13.1. The van der Waals surface area contributed by atoms with Gasteiger partial charge in [-0.1, -0.05) is 0 Å². The molecule has 116 valence electrons. The molecule has 1 fully saturated rings. The van der Waals surface area contributed by atoms with Crippen LogP contribution in [0.25, 0.3) is 0 Å². The summed E-state index contributed by atoms with van der Waals surface area (Å²) in [6.07, 6.45) is 7.08. The van der Waals surface area contributed by atoms with Gasteiger partial charge in [-0.25, -0.2) is 0 Å². The highest BCUT2D eigenvalue weighted by atomic mass is 32.2. The first-order chi connectivity index (χ1) is 10.0. The third-order valence-corrected chi connectivity index (χ3v) is 5.21. The number of nitrogens with zero attached hydrogens (tertiary/aromatic N) is 1. The largest absolute Gasteiger partial charge is 0.397 e. The van der Waals surface area contributed by atoms with Gasteiger partial charge in [-0.05, 0) is 50.1 Å². The molecule has 0 unspecified atom stereocenters. The van der Waals surface area contributed by atoms with E-state index in [1.807, 2.05) is 23.9 Å². The normalized spacial score (nSPS) is 21.9. The monoisotopic (exact) mass is 307 g/mol. The Labute approximate surface area is 131 Å². The first-order valence-electron chi connectivity index (χ1n) is 7.41. The van der Waals surface area contributed by atoms with E-state index in [0.29, 0.717) is 17.3 Å². The molecule has 0 heterocycles. The minimum Gasteiger partial charge on any atom is -0.397 e. The molecule has 0 atom stereocenters. The van der Waals surface area contributed by atoms with Crippen LogP contribution in [0.15, 0.2) is 18.2 Å². The number of carbonyl (C=O) groups excluding carboxylic acids is 1. The van der Waals surface area contributed by atoms with Crippen molar-refractivity contribution in [3.8, 4) is 0 Å². The SMILES string of the molecule is CSC1CCC(Nc2ccc(C(=O)N(C)C)cc2N)CC1. The van der Waals surface area contributed by atoms with Crippen LogP contribution in [0.5, 0.6) is 0 Å². The molecule has 1 amide bonds. The highest BCUT2D eigenvalue weighted by Gasteiger charge is 2.21. The van der Waals surface area contributed by atoms with Crippen LogP contribution in [0, 0.1) is 0 Å². The van der Waals surface area contributed by atoms with Gasteiger partial charge in [0.15, 0.2) is 0 Å². The van der Waals surface area contributed by atoms with Crippen molar-refractivity contribution in [3.05, 3.63) is 23.8 Å². The number of anilines is 2. The number of nitrogens with two attached hydrogens (primary N) is 1. The fourth-order valence-corrected chi connectivity index (χ4v) is 3.49. The lowest BCUT2D eigenvalue weighted by atomic mass is 9.94. The van der Waals surface area contributed by atoms with Crippen molar-refractivity contribution in [2.24, 2.45) is 0 Å². The number of thioether (sulfide) groups is 1. The Morgan fingerprint density at radius 2 is 1.95 bits per heavy atom. The van der Waals surface area contributed by atoms with Crippen LogP contribution in [0.1, 0.15) is 36.0 Å². The van der Waals surface area contributed by atoms with Crippen LogP contribution in [0.2, 0.25) is 0 Å². The third-order valence-electron chi connectivity index (χ3n) is 4.07. The van der Waals surface area contributed by atoms with Gasteiger partial charge in [0.25, 0.3) is 5.91 Å². The van der Waals surface area contributed by atoms with Crippen molar-refractivity contribution in [2.45, 2.75) is 37.0 Å². The quantitative estimate of drug-likeness (QED) is 0.839. The molecule has 0 saturated heterocycles. The fourth-order valence-electron chi connectivity index (χ4n) is 2.75. The molecular weight excluding hydrogens is 282 g/mol. The molecule has 5 heteroatoms. The van der Waals surface area contributed by atoms with Crippen molar-refractivity contribution in [1.82, 2.24) is 4.90 Å². The van der Waals surface area contributed by atoms with Gasteiger partial charge in [0.1, 0.15) is 0 Å². The summed E-state index contributed by atoms with van der Waals surface area (Å²) < 4.78 is 0. The fraction of sp³-hybridized carbons (Fsp3) is 0.562. The first-order valence-corrected chi connectivity index (χ1v) is 8.70. The summed E-state index contributed by atoms with van der Waals surface area (Å²) >= 11 is 1.97. The van der Waals surface area contributed by atoms with Crippen LogP contribution >= 0.6 is 11.8 Å². The molecule has 0 aliphatic heterocycles. The standard InChI is InChI=1S/C16H25N3OS/c1-19(2)16(20)11-4-9-15(14(17)10-11)18-12-5-7-13(21-3)8-6-12/h4,9-10,12-13,18H,5-8,17H2,1-3H3. The summed E-state index contributed by atoms with van der Waals surface area (Å²) in [5, 5.41) is 4.34. The Morgan fingerprint density at radius 3 is 2.48 bits per heavy atom. The number of amides is 1. The van der Waals surface area contributed by atoms with Gasteiger partial charge < -0.3 is 16.0 Å². The molecule has 1 aromatic rings. The predicted octanol–water partition coefficient (Wildman–Crippen LogP) is 3.06. The van der Waals surface area contributed by atoms with Crippen molar-refractivity contribution < 1.29 is 4.79 Å². The number of hydrogen-bond donors (Lipinski definition) is 2. The van der Waals surface area contributed by atoms with E-state index in [9.17, 15) is 4.79 Å². The van der Waals surface area contributed by atoms with E-state index >= 15 is 0 Å². The summed E-state index contributed by atoms with van der Waals surface area (Å²) in [5.41, 5.74) is 8.32. The molecule has 1 aliphatic rings. The predicted molar refractivity (Wildman–Crippen MR) is 92.1 cm³/mol. The van der Waals surface area contributed by atoms with Gasteiger partial charge in [0.05, 0.1) is 11.4 Å². The molecule has 3 N–H and O–H groups in total. The zero-order valence-corrected chi connectivity index (χ0v) is 13.9. The number of rotatable bonds is 4. The van der Waals surface area contributed by atoms with Gasteiger partial charge in [0, 0.05) is 31.0 Å². The lowest BCUT2D eigenvalue weighted by Crippen LogP contribution is -2.27. The minimum atomic E-state index is -0.0197. The van der Waals surface area contributed by atoms with E-state index in [4.69, 9.17) is 5.73 Å². The third kappa shape index (κ3) is 4.06. The van der Waals surface area contributed by atoms with Crippen LogP contribution in [0.3, 0.4) is 0 Å². The molecule has 0 bridgehead atoms. The Kier molecular flexibility index (Phi) is 5.39. The van der Waals surface area contributed by atoms with E-state index in [1.165, 1.54) is 25.7 Å². The maximum Gasteiger partial charge on any atom is 0.253 e.